The molecule has 0 aliphatic carbocycles. The van der Waals surface area contributed by atoms with E-state index in [0.29, 0.717) is 12.3 Å². The molecule has 19 heavy (non-hydrogen) atoms. The van der Waals surface area contributed by atoms with E-state index >= 15 is 0 Å². The van der Waals surface area contributed by atoms with E-state index in [-0.39, 0.29) is 24.8 Å². The highest BCUT2D eigenvalue weighted by molar-refractivity contribution is 7.92. The number of rotatable bonds is 6. The third-order valence-corrected chi connectivity index (χ3v) is 3.23. The van der Waals surface area contributed by atoms with Gasteiger partial charge in [0, 0.05) is 6.61 Å². The van der Waals surface area contributed by atoms with Crippen LogP contribution in [0.15, 0.2) is 18.2 Å². The second kappa shape index (κ2) is 7.74. The van der Waals surface area contributed by atoms with E-state index in [0.717, 1.165) is 0 Å². The van der Waals surface area contributed by atoms with Crippen molar-refractivity contribution in [3.05, 3.63) is 23.9 Å². The monoisotopic (exact) mass is 284 g/mol. The summed E-state index contributed by atoms with van der Waals surface area (Å²) in [5, 5.41) is 8.58. The number of aliphatic hydroxyl groups is 1. The first kappa shape index (κ1) is 15.4. The number of sulfonamides is 1. The Hall–Kier alpha value is -1.62. The van der Waals surface area contributed by atoms with E-state index in [2.05, 4.69) is 21.5 Å². The number of anilines is 1. The standard InChI is InChI=1S/C12H16N2O4S/c1-2-18-9-10-19(16,17)14-12-7-3-5-11(13-12)6-4-8-15/h3,5,7,15H,2,8-10H2,1H3,(H,13,14). The van der Waals surface area contributed by atoms with Gasteiger partial charge in [-0.15, -0.1) is 0 Å². The van der Waals surface area contributed by atoms with Crippen molar-refractivity contribution in [3.63, 3.8) is 0 Å². The van der Waals surface area contributed by atoms with Gasteiger partial charge in [0.15, 0.2) is 0 Å². The first-order valence-corrected chi connectivity index (χ1v) is 7.37. The average molecular weight is 284 g/mol. The quantitative estimate of drug-likeness (QED) is 0.575. The Kier molecular flexibility index (Phi) is 6.29. The minimum absolute atomic E-state index is 0.130. The summed E-state index contributed by atoms with van der Waals surface area (Å²) < 4.78 is 30.7. The molecule has 0 fully saturated rings. The van der Waals surface area contributed by atoms with E-state index in [1.165, 1.54) is 6.07 Å². The van der Waals surface area contributed by atoms with Crippen LogP contribution in [0.4, 0.5) is 5.82 Å². The van der Waals surface area contributed by atoms with Crippen molar-refractivity contribution in [1.82, 2.24) is 4.98 Å². The molecule has 104 valence electrons. The maximum atomic E-state index is 11.7. The Morgan fingerprint density at radius 2 is 2.26 bits per heavy atom. The van der Waals surface area contributed by atoms with Crippen LogP contribution in [-0.4, -0.2) is 44.1 Å². The molecular formula is C12H16N2O4S. The Morgan fingerprint density at radius 3 is 2.95 bits per heavy atom. The van der Waals surface area contributed by atoms with Crippen molar-refractivity contribution < 1.29 is 18.3 Å². The third-order valence-electron chi connectivity index (χ3n) is 2.01. The predicted octanol–water partition coefficient (Wildman–Crippen LogP) is 0.204. The molecule has 0 radical (unpaired) electrons. The smallest absolute Gasteiger partial charge is 0.236 e. The molecule has 0 saturated carbocycles. The largest absolute Gasteiger partial charge is 0.384 e. The van der Waals surface area contributed by atoms with Crippen molar-refractivity contribution in [2.75, 3.05) is 30.3 Å². The van der Waals surface area contributed by atoms with E-state index in [9.17, 15) is 8.42 Å². The van der Waals surface area contributed by atoms with E-state index in [4.69, 9.17) is 9.84 Å². The molecule has 0 bridgehead atoms. The SMILES string of the molecule is CCOCCS(=O)(=O)Nc1cccc(C#CCO)n1. The summed E-state index contributed by atoms with van der Waals surface area (Å²) >= 11 is 0. The fraction of sp³-hybridized carbons (Fsp3) is 0.417. The molecule has 0 spiro atoms. The zero-order valence-corrected chi connectivity index (χ0v) is 11.4. The van der Waals surface area contributed by atoms with Gasteiger partial charge in [-0.25, -0.2) is 13.4 Å². The van der Waals surface area contributed by atoms with Gasteiger partial charge in [-0.1, -0.05) is 12.0 Å². The van der Waals surface area contributed by atoms with Crippen LogP contribution in [0.5, 0.6) is 0 Å². The van der Waals surface area contributed by atoms with Crippen LogP contribution in [0.2, 0.25) is 0 Å². The van der Waals surface area contributed by atoms with Crippen molar-refractivity contribution in [1.29, 1.82) is 0 Å². The maximum absolute atomic E-state index is 11.7. The number of ether oxygens (including phenoxy) is 1. The topological polar surface area (TPSA) is 88.5 Å². The molecule has 1 aromatic rings. The first-order valence-electron chi connectivity index (χ1n) is 5.72. The van der Waals surface area contributed by atoms with E-state index in [1.54, 1.807) is 19.1 Å². The lowest BCUT2D eigenvalue weighted by Gasteiger charge is -2.07. The molecule has 0 aliphatic rings. The van der Waals surface area contributed by atoms with Crippen molar-refractivity contribution in [3.8, 4) is 11.8 Å². The lowest BCUT2D eigenvalue weighted by atomic mass is 10.3. The fourth-order valence-corrected chi connectivity index (χ4v) is 2.09. The molecule has 7 heteroatoms. The lowest BCUT2D eigenvalue weighted by Crippen LogP contribution is -2.20. The first-order chi connectivity index (χ1) is 9.07. The summed E-state index contributed by atoms with van der Waals surface area (Å²) in [4.78, 5) is 4.01. The number of hydrogen-bond donors (Lipinski definition) is 2. The van der Waals surface area contributed by atoms with Crippen LogP contribution in [0.25, 0.3) is 0 Å². The third kappa shape index (κ3) is 6.20. The molecule has 0 aromatic carbocycles. The van der Waals surface area contributed by atoms with Gasteiger partial charge < -0.3 is 9.84 Å². The molecule has 1 heterocycles. The molecule has 0 unspecified atom stereocenters. The summed E-state index contributed by atoms with van der Waals surface area (Å²) in [5.74, 6) is 5.11. The normalized spacial score (nSPS) is 10.6. The van der Waals surface area contributed by atoms with Crippen LogP contribution in [0.1, 0.15) is 12.6 Å². The molecule has 6 nitrogen and oxygen atoms in total. The molecule has 0 atom stereocenters. The zero-order chi connectivity index (χ0) is 14.1. The number of aliphatic hydroxyl groups excluding tert-OH is 1. The fourth-order valence-electron chi connectivity index (χ4n) is 1.21. The van der Waals surface area contributed by atoms with Crippen molar-refractivity contribution in [2.24, 2.45) is 0 Å². The van der Waals surface area contributed by atoms with E-state index in [1.807, 2.05) is 0 Å². The second-order valence-electron chi connectivity index (χ2n) is 3.49. The lowest BCUT2D eigenvalue weighted by molar-refractivity contribution is 0.163. The predicted molar refractivity (Wildman–Crippen MR) is 72.1 cm³/mol. The van der Waals surface area contributed by atoms with Gasteiger partial charge in [0.25, 0.3) is 0 Å². The van der Waals surface area contributed by atoms with Gasteiger partial charge in [0.05, 0.1) is 12.4 Å². The molecule has 1 rings (SSSR count). The second-order valence-corrected chi connectivity index (χ2v) is 5.33. The Bertz CT molecular complexity index is 561. The van der Waals surface area contributed by atoms with Gasteiger partial charge in [-0.2, -0.15) is 0 Å². The van der Waals surface area contributed by atoms with Gasteiger partial charge >= 0.3 is 0 Å². The van der Waals surface area contributed by atoms with E-state index < -0.39 is 10.0 Å². The summed E-state index contributed by atoms with van der Waals surface area (Å²) in [6.07, 6.45) is 0. The molecule has 1 aromatic heterocycles. The van der Waals surface area contributed by atoms with Gasteiger partial charge in [0.1, 0.15) is 18.1 Å². The molecular weight excluding hydrogens is 268 g/mol. The van der Waals surface area contributed by atoms with Gasteiger partial charge in [-0.05, 0) is 25.0 Å². The number of nitrogens with zero attached hydrogens (tertiary/aromatic N) is 1. The highest BCUT2D eigenvalue weighted by Crippen LogP contribution is 2.06. The van der Waals surface area contributed by atoms with Crippen LogP contribution >= 0.6 is 0 Å². The summed E-state index contributed by atoms with van der Waals surface area (Å²) in [7, 11) is -3.48. The Labute approximate surface area is 112 Å². The Morgan fingerprint density at radius 1 is 1.47 bits per heavy atom. The zero-order valence-electron chi connectivity index (χ0n) is 10.6. The van der Waals surface area contributed by atoms with Crippen LogP contribution in [0, 0.1) is 11.8 Å². The van der Waals surface area contributed by atoms with Crippen molar-refractivity contribution in [2.45, 2.75) is 6.92 Å². The number of hydrogen-bond acceptors (Lipinski definition) is 5. The Balaban J connectivity index is 2.71. The minimum Gasteiger partial charge on any atom is -0.384 e. The summed E-state index contributed by atoms with van der Waals surface area (Å²) in [6, 6.07) is 4.79. The van der Waals surface area contributed by atoms with Crippen molar-refractivity contribution >= 4 is 15.8 Å². The molecule has 2 N–H and O–H groups in total. The van der Waals surface area contributed by atoms with Crippen LogP contribution < -0.4 is 4.72 Å². The highest BCUT2D eigenvalue weighted by Gasteiger charge is 2.10. The number of nitrogens with one attached hydrogen (secondary N) is 1. The number of pyridine rings is 1. The molecule has 0 amide bonds. The minimum atomic E-state index is -3.48. The summed E-state index contributed by atoms with van der Waals surface area (Å²) in [5.41, 5.74) is 0.388. The van der Waals surface area contributed by atoms with Crippen LogP contribution in [-0.2, 0) is 14.8 Å². The van der Waals surface area contributed by atoms with Gasteiger partial charge in [-0.3, -0.25) is 4.72 Å². The average Bonchev–Trinajstić information content (AvgIpc) is 2.36. The van der Waals surface area contributed by atoms with Gasteiger partial charge in [0.2, 0.25) is 10.0 Å². The molecule has 0 saturated heterocycles. The van der Waals surface area contributed by atoms with Crippen LogP contribution in [0.3, 0.4) is 0 Å². The summed E-state index contributed by atoms with van der Waals surface area (Å²) in [6.45, 7) is 2.13. The number of aromatic nitrogens is 1. The maximum Gasteiger partial charge on any atom is 0.236 e. The highest BCUT2D eigenvalue weighted by atomic mass is 32.2. The molecule has 0 aliphatic heterocycles.